The van der Waals surface area contributed by atoms with Crippen molar-refractivity contribution in [1.82, 2.24) is 15.2 Å². The monoisotopic (exact) mass is 443 g/mol. The SMILES string of the molecule is CN1C2CCCC1CCC2.O=C(NCc1cccc(O)c1)c1ccc(-c2ccccc2)cn1. The van der Waals surface area contributed by atoms with Gasteiger partial charge in [-0.2, -0.15) is 0 Å². The minimum Gasteiger partial charge on any atom is -0.508 e. The molecule has 0 unspecified atom stereocenters. The zero-order chi connectivity index (χ0) is 23.0. The smallest absolute Gasteiger partial charge is 0.270 e. The molecule has 1 aromatic heterocycles. The van der Waals surface area contributed by atoms with E-state index in [0.29, 0.717) is 12.2 Å². The number of carbonyl (C=O) groups is 1. The third-order valence-corrected chi connectivity index (χ3v) is 6.77. The lowest BCUT2D eigenvalue weighted by atomic mass is 9.85. The van der Waals surface area contributed by atoms with Gasteiger partial charge in [-0.15, -0.1) is 0 Å². The molecular weight excluding hydrogens is 410 g/mol. The van der Waals surface area contributed by atoms with E-state index in [4.69, 9.17) is 0 Å². The predicted octanol–water partition coefficient (Wildman–Crippen LogP) is 5.41. The second kappa shape index (κ2) is 11.1. The van der Waals surface area contributed by atoms with Gasteiger partial charge in [-0.25, -0.2) is 0 Å². The number of nitrogens with one attached hydrogen (secondary N) is 1. The van der Waals surface area contributed by atoms with Crippen molar-refractivity contribution in [3.05, 3.63) is 84.2 Å². The lowest BCUT2D eigenvalue weighted by molar-refractivity contribution is 0.0673. The molecule has 3 heterocycles. The Balaban J connectivity index is 0.000000214. The Morgan fingerprint density at radius 2 is 1.64 bits per heavy atom. The molecule has 3 aromatic rings. The summed E-state index contributed by atoms with van der Waals surface area (Å²) in [5.74, 6) is -0.0601. The van der Waals surface area contributed by atoms with E-state index >= 15 is 0 Å². The van der Waals surface area contributed by atoms with Crippen molar-refractivity contribution in [1.29, 1.82) is 0 Å². The van der Waals surface area contributed by atoms with Gasteiger partial charge in [-0.05, 0) is 62.1 Å². The number of amides is 1. The normalized spacial score (nSPS) is 19.8. The first-order valence-corrected chi connectivity index (χ1v) is 11.9. The molecular formula is C28H33N3O2. The molecule has 0 radical (unpaired) electrons. The summed E-state index contributed by atoms with van der Waals surface area (Å²) < 4.78 is 0. The van der Waals surface area contributed by atoms with Crippen molar-refractivity contribution in [3.63, 3.8) is 0 Å². The number of hydrogen-bond acceptors (Lipinski definition) is 4. The zero-order valence-corrected chi connectivity index (χ0v) is 19.3. The molecule has 2 N–H and O–H groups in total. The number of benzene rings is 2. The molecule has 5 nitrogen and oxygen atoms in total. The topological polar surface area (TPSA) is 65.5 Å². The van der Waals surface area contributed by atoms with Crippen LogP contribution in [0.1, 0.15) is 54.6 Å². The van der Waals surface area contributed by atoms with Crippen molar-refractivity contribution >= 4 is 5.91 Å². The minimum atomic E-state index is -0.243. The van der Waals surface area contributed by atoms with Gasteiger partial charge in [0, 0.05) is 30.4 Å². The van der Waals surface area contributed by atoms with Crippen molar-refractivity contribution in [2.75, 3.05) is 7.05 Å². The second-order valence-corrected chi connectivity index (χ2v) is 8.99. The van der Waals surface area contributed by atoms with Crippen LogP contribution in [0.3, 0.4) is 0 Å². The maximum Gasteiger partial charge on any atom is 0.270 e. The summed E-state index contributed by atoms with van der Waals surface area (Å²) in [5.41, 5.74) is 3.23. The molecule has 2 aromatic carbocycles. The third kappa shape index (κ3) is 6.20. The molecule has 0 atom stereocenters. The van der Waals surface area contributed by atoms with Crippen LogP contribution in [-0.2, 0) is 6.54 Å². The Kier molecular flexibility index (Phi) is 7.74. The number of phenols is 1. The highest BCUT2D eigenvalue weighted by atomic mass is 16.3. The standard InChI is InChI=1S/C19H16N2O2.C9H17N/c22-17-8-4-5-14(11-17)12-21-19(23)18-10-9-16(13-20-18)15-6-2-1-3-7-15;1-10-8-4-2-5-9(10)7-3-6-8/h1-11,13,22H,12H2,(H,21,23);8-9H,2-7H2,1H3. The van der Waals surface area contributed by atoms with E-state index < -0.39 is 0 Å². The molecule has 2 bridgehead atoms. The van der Waals surface area contributed by atoms with E-state index in [2.05, 4.69) is 22.2 Å². The van der Waals surface area contributed by atoms with Gasteiger partial charge in [-0.3, -0.25) is 9.78 Å². The molecule has 5 heteroatoms. The van der Waals surface area contributed by atoms with Gasteiger partial charge in [0.2, 0.25) is 0 Å². The van der Waals surface area contributed by atoms with Gasteiger partial charge in [-0.1, -0.05) is 61.4 Å². The summed E-state index contributed by atoms with van der Waals surface area (Å²) in [7, 11) is 2.31. The predicted molar refractivity (Wildman–Crippen MR) is 132 cm³/mol. The minimum absolute atomic E-state index is 0.182. The Morgan fingerprint density at radius 1 is 0.939 bits per heavy atom. The number of pyridine rings is 1. The van der Waals surface area contributed by atoms with Gasteiger partial charge in [0.05, 0.1) is 0 Å². The first-order chi connectivity index (χ1) is 16.1. The molecule has 2 fully saturated rings. The molecule has 172 valence electrons. The van der Waals surface area contributed by atoms with Crippen LogP contribution in [0.2, 0.25) is 0 Å². The van der Waals surface area contributed by atoms with Crippen molar-refractivity contribution in [2.45, 2.75) is 57.2 Å². The van der Waals surface area contributed by atoms with E-state index in [-0.39, 0.29) is 11.7 Å². The summed E-state index contributed by atoms with van der Waals surface area (Å²) in [4.78, 5) is 19.0. The van der Waals surface area contributed by atoms with Gasteiger partial charge in [0.25, 0.3) is 5.91 Å². The van der Waals surface area contributed by atoms with E-state index in [1.54, 1.807) is 30.5 Å². The number of nitrogens with zero attached hydrogens (tertiary/aromatic N) is 2. The van der Waals surface area contributed by atoms with Crippen molar-refractivity contribution < 1.29 is 9.90 Å². The number of aromatic nitrogens is 1. The fourth-order valence-electron chi connectivity index (χ4n) is 4.85. The number of rotatable bonds is 4. The summed E-state index contributed by atoms with van der Waals surface area (Å²) in [5, 5.41) is 12.2. The quantitative estimate of drug-likeness (QED) is 0.566. The maximum atomic E-state index is 12.1. The molecule has 2 aliphatic rings. The highest BCUT2D eigenvalue weighted by Gasteiger charge is 2.30. The van der Waals surface area contributed by atoms with Crippen LogP contribution < -0.4 is 5.32 Å². The van der Waals surface area contributed by atoms with E-state index in [1.165, 1.54) is 38.5 Å². The molecule has 2 aliphatic heterocycles. The van der Waals surface area contributed by atoms with Gasteiger partial charge >= 0.3 is 0 Å². The Labute approximate surface area is 196 Å². The number of fused-ring (bicyclic) bond motifs is 2. The molecule has 0 spiro atoms. The van der Waals surface area contributed by atoms with Gasteiger partial charge < -0.3 is 15.3 Å². The number of phenolic OH excluding ortho intramolecular Hbond substituents is 1. The molecule has 1 amide bonds. The maximum absolute atomic E-state index is 12.1. The summed E-state index contributed by atoms with van der Waals surface area (Å²) in [6.07, 6.45) is 10.5. The highest BCUT2D eigenvalue weighted by molar-refractivity contribution is 5.92. The van der Waals surface area contributed by atoms with Crippen LogP contribution in [-0.4, -0.2) is 40.0 Å². The average molecular weight is 444 g/mol. The Bertz CT molecular complexity index is 1010. The number of hydrogen-bond donors (Lipinski definition) is 2. The highest BCUT2D eigenvalue weighted by Crippen LogP contribution is 2.31. The van der Waals surface area contributed by atoms with Crippen LogP contribution in [0.15, 0.2) is 72.9 Å². The summed E-state index contributed by atoms with van der Waals surface area (Å²) in [6, 6.07) is 22.2. The van der Waals surface area contributed by atoms with Crippen LogP contribution >= 0.6 is 0 Å². The fraction of sp³-hybridized carbons (Fsp3) is 0.357. The second-order valence-electron chi connectivity index (χ2n) is 8.99. The Morgan fingerprint density at radius 3 is 2.21 bits per heavy atom. The molecule has 2 saturated heterocycles. The van der Waals surface area contributed by atoms with E-state index in [0.717, 1.165) is 28.8 Å². The van der Waals surface area contributed by atoms with Crippen molar-refractivity contribution in [2.24, 2.45) is 0 Å². The molecule has 0 saturated carbocycles. The summed E-state index contributed by atoms with van der Waals surface area (Å²) in [6.45, 7) is 0.343. The van der Waals surface area contributed by atoms with Crippen LogP contribution in [0.4, 0.5) is 0 Å². The van der Waals surface area contributed by atoms with Crippen LogP contribution in [0.5, 0.6) is 5.75 Å². The number of carbonyl (C=O) groups excluding carboxylic acids is 1. The first kappa shape index (κ1) is 23.0. The number of piperidine rings is 2. The lowest BCUT2D eigenvalue weighted by Crippen LogP contribution is -2.46. The average Bonchev–Trinajstić information content (AvgIpc) is 2.84. The molecule has 5 rings (SSSR count). The van der Waals surface area contributed by atoms with E-state index in [1.807, 2.05) is 42.5 Å². The van der Waals surface area contributed by atoms with Crippen LogP contribution in [0.25, 0.3) is 11.1 Å². The van der Waals surface area contributed by atoms with Gasteiger partial charge in [0.15, 0.2) is 0 Å². The zero-order valence-electron chi connectivity index (χ0n) is 19.3. The number of aromatic hydroxyl groups is 1. The Hall–Kier alpha value is -3.18. The molecule has 33 heavy (non-hydrogen) atoms. The van der Waals surface area contributed by atoms with Crippen molar-refractivity contribution in [3.8, 4) is 16.9 Å². The van der Waals surface area contributed by atoms with E-state index in [9.17, 15) is 9.90 Å². The lowest BCUT2D eigenvalue weighted by Gasteiger charge is -2.43. The third-order valence-electron chi connectivity index (χ3n) is 6.77. The fourth-order valence-corrected chi connectivity index (χ4v) is 4.85. The first-order valence-electron chi connectivity index (χ1n) is 11.9. The van der Waals surface area contributed by atoms with Crippen LogP contribution in [0, 0.1) is 0 Å². The largest absolute Gasteiger partial charge is 0.508 e. The molecule has 0 aliphatic carbocycles. The summed E-state index contributed by atoms with van der Waals surface area (Å²) >= 11 is 0. The van der Waals surface area contributed by atoms with Gasteiger partial charge in [0.1, 0.15) is 11.4 Å².